The molecule has 14 heavy (non-hydrogen) atoms. The first-order chi connectivity index (χ1) is 6.88. The van der Waals surface area contributed by atoms with Crippen LogP contribution in [0.2, 0.25) is 0 Å². The van der Waals surface area contributed by atoms with Gasteiger partial charge in [0, 0.05) is 12.6 Å². The van der Waals surface area contributed by atoms with Gasteiger partial charge in [0.15, 0.2) is 0 Å². The van der Waals surface area contributed by atoms with Gasteiger partial charge in [-0.1, -0.05) is 36.9 Å². The van der Waals surface area contributed by atoms with Gasteiger partial charge in [-0.2, -0.15) is 0 Å². The van der Waals surface area contributed by atoms with E-state index in [4.69, 9.17) is 0 Å². The molecule has 0 unspecified atom stereocenters. The van der Waals surface area contributed by atoms with Crippen molar-refractivity contribution in [3.63, 3.8) is 0 Å². The molecule has 1 heterocycles. The average Bonchev–Trinajstić information content (AvgIpc) is 2.67. The molecule has 0 aliphatic carbocycles. The molecule has 0 aliphatic heterocycles. The predicted molar refractivity (Wildman–Crippen MR) is 57.9 cm³/mol. The molecule has 0 radical (unpaired) electrons. The third-order valence-corrected chi connectivity index (χ3v) is 2.07. The van der Waals surface area contributed by atoms with Crippen LogP contribution in [0.15, 0.2) is 43.1 Å². The topological polar surface area (TPSA) is 28.7 Å². The Labute approximate surface area is 83.3 Å². The molecule has 0 aliphatic rings. The molecule has 1 N–H and O–H groups in total. The summed E-state index contributed by atoms with van der Waals surface area (Å²) in [7, 11) is 0. The number of H-pyrrole nitrogens is 1. The van der Waals surface area contributed by atoms with Crippen LogP contribution < -0.4 is 0 Å². The van der Waals surface area contributed by atoms with Crippen molar-refractivity contribution in [1.82, 2.24) is 9.97 Å². The zero-order valence-electron chi connectivity index (χ0n) is 7.90. The monoisotopic (exact) mass is 184 g/mol. The van der Waals surface area contributed by atoms with Crippen LogP contribution in [-0.2, 0) is 6.42 Å². The molecule has 2 aromatic rings. The Morgan fingerprint density at radius 1 is 1.29 bits per heavy atom. The highest BCUT2D eigenvalue weighted by Crippen LogP contribution is 2.06. The Hall–Kier alpha value is -1.83. The number of rotatable bonds is 3. The maximum Gasteiger partial charge on any atom is 0.111 e. The molecular formula is C12H12N2. The van der Waals surface area contributed by atoms with Crippen LogP contribution in [0, 0.1) is 0 Å². The number of hydrogen-bond donors (Lipinski definition) is 1. The molecular weight excluding hydrogens is 172 g/mol. The minimum absolute atomic E-state index is 0.842. The predicted octanol–water partition coefficient (Wildman–Crippen LogP) is 2.64. The summed E-state index contributed by atoms with van der Waals surface area (Å²) in [5.41, 5.74) is 2.16. The Morgan fingerprint density at radius 2 is 2.07 bits per heavy atom. The molecule has 0 atom stereocenters. The number of benzene rings is 1. The van der Waals surface area contributed by atoms with Gasteiger partial charge in [-0.25, -0.2) is 4.98 Å². The third kappa shape index (κ3) is 1.91. The lowest BCUT2D eigenvalue weighted by Gasteiger charge is -1.96. The first-order valence-corrected chi connectivity index (χ1v) is 4.59. The van der Waals surface area contributed by atoms with Crippen LogP contribution >= 0.6 is 0 Å². The molecule has 0 spiro atoms. The quantitative estimate of drug-likeness (QED) is 0.780. The second-order valence-corrected chi connectivity index (χ2v) is 3.14. The zero-order valence-corrected chi connectivity index (χ0v) is 7.90. The highest BCUT2D eigenvalue weighted by Gasteiger charge is 1.99. The second kappa shape index (κ2) is 3.92. The highest BCUT2D eigenvalue weighted by atomic mass is 14.9. The summed E-state index contributed by atoms with van der Waals surface area (Å²) >= 11 is 0. The minimum atomic E-state index is 0.842. The molecule has 0 amide bonds. The van der Waals surface area contributed by atoms with E-state index in [0.717, 1.165) is 17.9 Å². The number of imidazole rings is 1. The minimum Gasteiger partial charge on any atom is -0.348 e. The van der Waals surface area contributed by atoms with Crippen molar-refractivity contribution in [2.75, 3.05) is 0 Å². The summed E-state index contributed by atoms with van der Waals surface area (Å²) in [5.74, 6) is 0.978. The largest absolute Gasteiger partial charge is 0.348 e. The van der Waals surface area contributed by atoms with Gasteiger partial charge in [0.2, 0.25) is 0 Å². The summed E-state index contributed by atoms with van der Waals surface area (Å²) in [6.45, 7) is 3.67. The summed E-state index contributed by atoms with van der Waals surface area (Å²) in [6, 6.07) is 10.3. The van der Waals surface area contributed by atoms with E-state index in [9.17, 15) is 0 Å². The summed E-state index contributed by atoms with van der Waals surface area (Å²) in [6.07, 6.45) is 4.45. The summed E-state index contributed by atoms with van der Waals surface area (Å²) in [5, 5.41) is 0. The van der Waals surface area contributed by atoms with Crippen molar-refractivity contribution in [1.29, 1.82) is 0 Å². The van der Waals surface area contributed by atoms with Crippen LogP contribution in [0.25, 0.3) is 6.08 Å². The molecule has 1 aromatic carbocycles. The van der Waals surface area contributed by atoms with E-state index in [-0.39, 0.29) is 0 Å². The van der Waals surface area contributed by atoms with Crippen molar-refractivity contribution >= 4 is 6.08 Å². The maximum atomic E-state index is 4.35. The number of aromatic nitrogens is 2. The van der Waals surface area contributed by atoms with E-state index in [1.54, 1.807) is 6.08 Å². The van der Waals surface area contributed by atoms with Crippen LogP contribution in [0.1, 0.15) is 17.1 Å². The fraction of sp³-hybridized carbons (Fsp3) is 0.0833. The molecule has 2 nitrogen and oxygen atoms in total. The van der Waals surface area contributed by atoms with Crippen molar-refractivity contribution in [2.45, 2.75) is 6.42 Å². The Balaban J connectivity index is 2.15. The SMILES string of the molecule is C=Cc1c[nH]c(Cc2ccccc2)n1. The lowest BCUT2D eigenvalue weighted by atomic mass is 10.1. The van der Waals surface area contributed by atoms with Gasteiger partial charge in [-0.05, 0) is 11.6 Å². The molecule has 0 bridgehead atoms. The molecule has 1 aromatic heterocycles. The number of hydrogen-bond acceptors (Lipinski definition) is 1. The van der Waals surface area contributed by atoms with Gasteiger partial charge in [0.1, 0.15) is 5.82 Å². The summed E-state index contributed by atoms with van der Waals surface area (Å²) in [4.78, 5) is 7.47. The van der Waals surface area contributed by atoms with Crippen molar-refractivity contribution in [3.05, 3.63) is 60.2 Å². The number of aromatic amines is 1. The zero-order chi connectivity index (χ0) is 9.80. The lowest BCUT2D eigenvalue weighted by Crippen LogP contribution is -1.89. The first kappa shape index (κ1) is 8.75. The first-order valence-electron chi connectivity index (χ1n) is 4.59. The smallest absolute Gasteiger partial charge is 0.111 e. The van der Waals surface area contributed by atoms with Crippen molar-refractivity contribution in [3.8, 4) is 0 Å². The number of nitrogens with one attached hydrogen (secondary N) is 1. The fourth-order valence-corrected chi connectivity index (χ4v) is 1.36. The highest BCUT2D eigenvalue weighted by molar-refractivity contribution is 5.40. The Morgan fingerprint density at radius 3 is 2.71 bits per heavy atom. The van der Waals surface area contributed by atoms with E-state index in [1.165, 1.54) is 5.56 Å². The van der Waals surface area contributed by atoms with Crippen molar-refractivity contribution in [2.24, 2.45) is 0 Å². The standard InChI is InChI=1S/C12H12N2/c1-2-11-9-13-12(14-11)8-10-6-4-3-5-7-10/h2-7,9H,1,8H2,(H,13,14). The van der Waals surface area contributed by atoms with Gasteiger partial charge < -0.3 is 4.98 Å². The van der Waals surface area contributed by atoms with E-state index in [1.807, 2.05) is 24.4 Å². The van der Waals surface area contributed by atoms with Crippen molar-refractivity contribution < 1.29 is 0 Å². The third-order valence-electron chi connectivity index (χ3n) is 2.07. The van der Waals surface area contributed by atoms with E-state index < -0.39 is 0 Å². The normalized spacial score (nSPS) is 10.0. The lowest BCUT2D eigenvalue weighted by molar-refractivity contribution is 1.02. The van der Waals surface area contributed by atoms with E-state index >= 15 is 0 Å². The fourth-order valence-electron chi connectivity index (χ4n) is 1.36. The molecule has 2 rings (SSSR count). The molecule has 2 heteroatoms. The Kier molecular flexibility index (Phi) is 2.45. The van der Waals surface area contributed by atoms with Gasteiger partial charge in [-0.15, -0.1) is 0 Å². The van der Waals surface area contributed by atoms with Gasteiger partial charge >= 0.3 is 0 Å². The molecule has 0 saturated carbocycles. The van der Waals surface area contributed by atoms with Crippen LogP contribution in [0.4, 0.5) is 0 Å². The van der Waals surface area contributed by atoms with Crippen LogP contribution in [-0.4, -0.2) is 9.97 Å². The van der Waals surface area contributed by atoms with Gasteiger partial charge in [0.05, 0.1) is 5.69 Å². The van der Waals surface area contributed by atoms with E-state index in [2.05, 4.69) is 28.7 Å². The molecule has 0 fully saturated rings. The maximum absolute atomic E-state index is 4.35. The van der Waals surface area contributed by atoms with Gasteiger partial charge in [-0.3, -0.25) is 0 Å². The second-order valence-electron chi connectivity index (χ2n) is 3.14. The van der Waals surface area contributed by atoms with Gasteiger partial charge in [0.25, 0.3) is 0 Å². The molecule has 0 saturated heterocycles. The molecule has 70 valence electrons. The number of nitrogens with zero attached hydrogens (tertiary/aromatic N) is 1. The Bertz CT molecular complexity index is 415. The van der Waals surface area contributed by atoms with E-state index in [0.29, 0.717) is 0 Å². The average molecular weight is 184 g/mol. The van der Waals surface area contributed by atoms with Crippen LogP contribution in [0.3, 0.4) is 0 Å². The van der Waals surface area contributed by atoms with Crippen LogP contribution in [0.5, 0.6) is 0 Å². The summed E-state index contributed by atoms with van der Waals surface area (Å²) < 4.78 is 0.